The number of hydrogen-bond acceptors (Lipinski definition) is 3. The van der Waals surface area contributed by atoms with Gasteiger partial charge in [0.25, 0.3) is 17.4 Å². The molecule has 6 nitrogen and oxygen atoms in total. The predicted molar refractivity (Wildman–Crippen MR) is 94.6 cm³/mol. The van der Waals surface area contributed by atoms with Crippen molar-refractivity contribution >= 4 is 11.8 Å². The molecule has 1 aromatic heterocycles. The number of carbonyl (C=O) groups excluding carboxylic acids is 2. The van der Waals surface area contributed by atoms with Crippen molar-refractivity contribution in [3.05, 3.63) is 69.4 Å². The second-order valence-electron chi connectivity index (χ2n) is 6.54. The molecule has 1 saturated carbocycles. The summed E-state index contributed by atoms with van der Waals surface area (Å²) in [5.74, 6) is -0.984. The van der Waals surface area contributed by atoms with Gasteiger partial charge < -0.3 is 15.2 Å². The van der Waals surface area contributed by atoms with Crippen LogP contribution >= 0.6 is 0 Å². The molecule has 0 aliphatic heterocycles. The maximum atomic E-state index is 13.9. The maximum Gasteiger partial charge on any atom is 0.263 e. The minimum atomic E-state index is -0.591. The van der Waals surface area contributed by atoms with Crippen molar-refractivity contribution in [3.63, 3.8) is 0 Å². The summed E-state index contributed by atoms with van der Waals surface area (Å²) >= 11 is 0. The van der Waals surface area contributed by atoms with Crippen LogP contribution in [0.15, 0.2) is 41.3 Å². The molecule has 0 unspecified atom stereocenters. The van der Waals surface area contributed by atoms with Crippen molar-refractivity contribution in [2.75, 3.05) is 7.05 Å². The average molecular weight is 357 g/mol. The lowest BCUT2D eigenvalue weighted by molar-refractivity contribution is 0.0948. The number of amides is 2. The summed E-state index contributed by atoms with van der Waals surface area (Å²) in [5, 5.41) is 5.26. The molecule has 1 aromatic carbocycles. The number of nitrogens with one attached hydrogen (secondary N) is 2. The molecule has 0 spiro atoms. The Labute approximate surface area is 150 Å². The van der Waals surface area contributed by atoms with Gasteiger partial charge in [-0.2, -0.15) is 0 Å². The van der Waals surface area contributed by atoms with Gasteiger partial charge in [0.1, 0.15) is 11.4 Å². The van der Waals surface area contributed by atoms with E-state index in [2.05, 4.69) is 10.6 Å². The van der Waals surface area contributed by atoms with Crippen LogP contribution in [-0.4, -0.2) is 29.5 Å². The zero-order chi connectivity index (χ0) is 18.8. The van der Waals surface area contributed by atoms with Crippen LogP contribution in [0.2, 0.25) is 0 Å². The molecule has 2 atom stereocenters. The van der Waals surface area contributed by atoms with Gasteiger partial charge in [0, 0.05) is 24.8 Å². The molecule has 26 heavy (non-hydrogen) atoms. The highest BCUT2D eigenvalue weighted by molar-refractivity contribution is 5.99. The van der Waals surface area contributed by atoms with Gasteiger partial charge in [0.15, 0.2) is 0 Å². The summed E-state index contributed by atoms with van der Waals surface area (Å²) in [6, 6.07) is 7.46. The molecule has 0 saturated heterocycles. The smallest absolute Gasteiger partial charge is 0.263 e. The molecule has 7 heteroatoms. The number of nitrogens with zero attached hydrogens (tertiary/aromatic N) is 1. The second-order valence-corrected chi connectivity index (χ2v) is 6.54. The topological polar surface area (TPSA) is 80.2 Å². The van der Waals surface area contributed by atoms with E-state index in [-0.39, 0.29) is 29.6 Å². The number of rotatable bonds is 5. The third kappa shape index (κ3) is 3.66. The molecule has 3 rings (SSSR count). The molecule has 2 aromatic rings. The number of halogens is 1. The van der Waals surface area contributed by atoms with Crippen molar-refractivity contribution in [2.45, 2.75) is 25.9 Å². The fourth-order valence-electron chi connectivity index (χ4n) is 2.76. The van der Waals surface area contributed by atoms with Gasteiger partial charge in [0.05, 0.1) is 12.1 Å². The van der Waals surface area contributed by atoms with Gasteiger partial charge in [-0.1, -0.05) is 25.1 Å². The van der Waals surface area contributed by atoms with E-state index >= 15 is 0 Å². The van der Waals surface area contributed by atoms with E-state index in [0.29, 0.717) is 11.5 Å². The summed E-state index contributed by atoms with van der Waals surface area (Å²) in [7, 11) is 1.40. The van der Waals surface area contributed by atoms with Gasteiger partial charge in [0.2, 0.25) is 0 Å². The highest BCUT2D eigenvalue weighted by atomic mass is 19.1. The first kappa shape index (κ1) is 17.8. The van der Waals surface area contributed by atoms with Gasteiger partial charge in [-0.3, -0.25) is 14.4 Å². The lowest BCUT2D eigenvalue weighted by Crippen LogP contribution is -2.34. The van der Waals surface area contributed by atoms with Crippen LogP contribution in [0.5, 0.6) is 0 Å². The van der Waals surface area contributed by atoms with Crippen molar-refractivity contribution in [1.82, 2.24) is 15.2 Å². The number of benzene rings is 1. The van der Waals surface area contributed by atoms with Crippen LogP contribution in [0.4, 0.5) is 4.39 Å². The van der Waals surface area contributed by atoms with E-state index in [1.165, 1.54) is 29.9 Å². The number of pyridine rings is 1. The zero-order valence-electron chi connectivity index (χ0n) is 14.6. The fourth-order valence-corrected chi connectivity index (χ4v) is 2.76. The molecule has 0 radical (unpaired) electrons. The second kappa shape index (κ2) is 7.11. The quantitative estimate of drug-likeness (QED) is 0.852. The summed E-state index contributed by atoms with van der Waals surface area (Å²) < 4.78 is 15.1. The first-order valence-corrected chi connectivity index (χ1v) is 8.41. The molecule has 2 N–H and O–H groups in total. The van der Waals surface area contributed by atoms with Crippen molar-refractivity contribution < 1.29 is 14.0 Å². The number of hydrogen-bond donors (Lipinski definition) is 2. The summed E-state index contributed by atoms with van der Waals surface area (Å²) in [5.41, 5.74) is -0.242. The Morgan fingerprint density at radius 2 is 1.96 bits per heavy atom. The molecular formula is C19H20FN3O3. The first-order valence-electron chi connectivity index (χ1n) is 8.41. The summed E-state index contributed by atoms with van der Waals surface area (Å²) in [6.45, 7) is 1.95. The first-order chi connectivity index (χ1) is 12.4. The van der Waals surface area contributed by atoms with Crippen LogP contribution in [0.25, 0.3) is 0 Å². The third-order valence-corrected chi connectivity index (χ3v) is 4.54. The maximum absolute atomic E-state index is 13.9. The van der Waals surface area contributed by atoms with Crippen molar-refractivity contribution in [2.24, 2.45) is 5.92 Å². The monoisotopic (exact) mass is 357 g/mol. The van der Waals surface area contributed by atoms with Gasteiger partial charge in [-0.05, 0) is 24.5 Å². The Hall–Kier alpha value is -2.96. The largest absolute Gasteiger partial charge is 0.355 e. The van der Waals surface area contributed by atoms with E-state index in [4.69, 9.17) is 0 Å². The van der Waals surface area contributed by atoms with E-state index in [1.807, 2.05) is 6.92 Å². The van der Waals surface area contributed by atoms with Gasteiger partial charge in [-0.15, -0.1) is 0 Å². The molecule has 2 amide bonds. The van der Waals surface area contributed by atoms with Crippen LogP contribution in [0.3, 0.4) is 0 Å². The average Bonchev–Trinajstić information content (AvgIpc) is 3.32. The molecule has 1 aliphatic carbocycles. The van der Waals surface area contributed by atoms with Crippen LogP contribution < -0.4 is 16.2 Å². The zero-order valence-corrected chi connectivity index (χ0v) is 14.6. The SMILES string of the molecule is CNC(=O)c1cc(C(=O)N[C@@H]2C[C@H]2C)cn(Cc2ccccc2F)c1=O. The minimum absolute atomic E-state index is 0.0730. The lowest BCUT2D eigenvalue weighted by atomic mass is 10.1. The van der Waals surface area contributed by atoms with Crippen molar-refractivity contribution in [3.8, 4) is 0 Å². The van der Waals surface area contributed by atoms with Gasteiger partial charge in [-0.25, -0.2) is 4.39 Å². The van der Waals surface area contributed by atoms with E-state index in [1.54, 1.807) is 18.2 Å². The number of carbonyl (C=O) groups is 2. The van der Waals surface area contributed by atoms with E-state index < -0.39 is 17.3 Å². The molecule has 0 bridgehead atoms. The Morgan fingerprint density at radius 3 is 2.58 bits per heavy atom. The standard InChI is InChI=1S/C19H20FN3O3/c1-11-7-16(11)22-17(24)13-8-14(18(25)21-2)19(26)23(10-13)9-12-5-3-4-6-15(12)20/h3-6,8,10-11,16H,7,9H2,1-2H3,(H,21,25)(H,22,24)/t11-,16-/m1/s1. The van der Waals surface area contributed by atoms with Gasteiger partial charge >= 0.3 is 0 Å². The third-order valence-electron chi connectivity index (χ3n) is 4.54. The normalized spacial score (nSPS) is 18.3. The summed E-state index contributed by atoms with van der Waals surface area (Å²) in [4.78, 5) is 37.1. The van der Waals surface area contributed by atoms with Crippen LogP contribution in [-0.2, 0) is 6.54 Å². The van der Waals surface area contributed by atoms with Crippen molar-refractivity contribution in [1.29, 1.82) is 0 Å². The van der Waals surface area contributed by atoms with Crippen LogP contribution in [0, 0.1) is 11.7 Å². The number of aromatic nitrogens is 1. The Morgan fingerprint density at radius 1 is 1.27 bits per heavy atom. The molecular weight excluding hydrogens is 337 g/mol. The Balaban J connectivity index is 2.00. The molecule has 136 valence electrons. The molecule has 1 fully saturated rings. The molecule has 1 heterocycles. The highest BCUT2D eigenvalue weighted by Gasteiger charge is 2.34. The minimum Gasteiger partial charge on any atom is -0.355 e. The van der Waals surface area contributed by atoms with E-state index in [0.717, 1.165) is 6.42 Å². The van der Waals surface area contributed by atoms with Crippen LogP contribution in [0.1, 0.15) is 39.6 Å². The lowest BCUT2D eigenvalue weighted by Gasteiger charge is -2.12. The highest BCUT2D eigenvalue weighted by Crippen LogP contribution is 2.29. The fraction of sp³-hybridized carbons (Fsp3) is 0.316. The Bertz CT molecular complexity index is 922. The molecule has 1 aliphatic rings. The predicted octanol–water partition coefficient (Wildman–Crippen LogP) is 1.53. The Kier molecular flexibility index (Phi) is 4.88. The van der Waals surface area contributed by atoms with E-state index in [9.17, 15) is 18.8 Å². The summed E-state index contributed by atoms with van der Waals surface area (Å²) in [6.07, 6.45) is 2.27.